The van der Waals surface area contributed by atoms with Crippen LogP contribution in [0, 0.1) is 5.92 Å². The number of rotatable bonds is 5. The van der Waals surface area contributed by atoms with Crippen LogP contribution in [-0.4, -0.2) is 33.4 Å². The molecule has 1 aromatic heterocycles. The van der Waals surface area contributed by atoms with Gasteiger partial charge in [-0.1, -0.05) is 37.5 Å². The molecule has 2 aromatic rings. The molecule has 1 atom stereocenters. The predicted molar refractivity (Wildman–Crippen MR) is 88.5 cm³/mol. The van der Waals surface area contributed by atoms with E-state index in [-0.39, 0.29) is 5.91 Å². The van der Waals surface area contributed by atoms with Gasteiger partial charge in [-0.2, -0.15) is 5.10 Å². The minimum atomic E-state index is -0.463. The van der Waals surface area contributed by atoms with Gasteiger partial charge in [0.25, 0.3) is 5.91 Å². The Kier molecular flexibility index (Phi) is 5.08. The summed E-state index contributed by atoms with van der Waals surface area (Å²) < 4.78 is 1.67. The fraction of sp³-hybridized carbons (Fsp3) is 0.444. The van der Waals surface area contributed by atoms with Crippen LogP contribution < -0.4 is 5.32 Å². The van der Waals surface area contributed by atoms with Crippen LogP contribution in [0.3, 0.4) is 0 Å². The van der Waals surface area contributed by atoms with E-state index < -0.39 is 6.10 Å². The summed E-state index contributed by atoms with van der Waals surface area (Å²) in [6.45, 7) is 0.293. The first-order valence-corrected chi connectivity index (χ1v) is 8.31. The summed E-state index contributed by atoms with van der Waals surface area (Å²) in [5.41, 5.74) is 1.28. The Balaban J connectivity index is 1.55. The molecule has 0 bridgehead atoms. The second-order valence-corrected chi connectivity index (χ2v) is 6.16. The van der Waals surface area contributed by atoms with Gasteiger partial charge in [-0.3, -0.25) is 4.79 Å². The van der Waals surface area contributed by atoms with E-state index in [1.165, 1.54) is 19.3 Å². The van der Waals surface area contributed by atoms with Crippen LogP contribution in [-0.2, 0) is 0 Å². The monoisotopic (exact) mass is 313 g/mol. The lowest BCUT2D eigenvalue weighted by Gasteiger charge is -2.26. The minimum Gasteiger partial charge on any atom is -0.391 e. The van der Waals surface area contributed by atoms with Crippen molar-refractivity contribution in [1.82, 2.24) is 15.1 Å². The highest BCUT2D eigenvalue weighted by Crippen LogP contribution is 2.26. The molecule has 5 nitrogen and oxygen atoms in total. The fourth-order valence-electron chi connectivity index (χ4n) is 3.14. The van der Waals surface area contributed by atoms with Gasteiger partial charge in [0, 0.05) is 12.7 Å². The van der Waals surface area contributed by atoms with Gasteiger partial charge in [0.2, 0.25) is 0 Å². The van der Waals surface area contributed by atoms with E-state index in [0.29, 0.717) is 18.2 Å². The number of amides is 1. The highest BCUT2D eigenvalue weighted by molar-refractivity contribution is 5.92. The molecule has 1 saturated carbocycles. The Morgan fingerprint density at radius 1 is 1.22 bits per heavy atom. The molecule has 2 N–H and O–H groups in total. The number of nitrogens with one attached hydrogen (secondary N) is 1. The minimum absolute atomic E-state index is 0.241. The summed E-state index contributed by atoms with van der Waals surface area (Å²) in [5, 5.41) is 17.3. The van der Waals surface area contributed by atoms with Gasteiger partial charge < -0.3 is 10.4 Å². The molecule has 1 amide bonds. The van der Waals surface area contributed by atoms with Crippen LogP contribution in [0.1, 0.15) is 42.6 Å². The van der Waals surface area contributed by atoms with Crippen molar-refractivity contribution < 1.29 is 9.90 Å². The SMILES string of the molecule is O=C(NCC(O)C1CCCCC1)c1ccn(-c2ccccc2)n1. The number of aromatic nitrogens is 2. The lowest BCUT2D eigenvalue weighted by atomic mass is 9.85. The van der Waals surface area contributed by atoms with Gasteiger partial charge in [-0.15, -0.1) is 0 Å². The Morgan fingerprint density at radius 3 is 2.70 bits per heavy atom. The number of para-hydroxylation sites is 1. The standard InChI is InChI=1S/C18H23N3O2/c22-17(14-7-3-1-4-8-14)13-19-18(23)16-11-12-21(20-16)15-9-5-2-6-10-15/h2,5-6,9-12,14,17,22H,1,3-4,7-8,13H2,(H,19,23). The summed E-state index contributed by atoms with van der Waals surface area (Å²) in [7, 11) is 0. The van der Waals surface area contributed by atoms with Crippen molar-refractivity contribution in [1.29, 1.82) is 0 Å². The van der Waals surface area contributed by atoms with E-state index in [2.05, 4.69) is 10.4 Å². The molecule has 1 aliphatic rings. The van der Waals surface area contributed by atoms with Crippen LogP contribution >= 0.6 is 0 Å². The average Bonchev–Trinajstić information content (AvgIpc) is 3.11. The van der Waals surface area contributed by atoms with E-state index in [9.17, 15) is 9.90 Å². The molecule has 0 aliphatic heterocycles. The molecule has 5 heteroatoms. The third-order valence-electron chi connectivity index (χ3n) is 4.51. The maximum absolute atomic E-state index is 12.2. The highest BCUT2D eigenvalue weighted by Gasteiger charge is 2.22. The zero-order chi connectivity index (χ0) is 16.1. The normalized spacial score (nSPS) is 16.9. The summed E-state index contributed by atoms with van der Waals surface area (Å²) in [5.74, 6) is 0.0699. The van der Waals surface area contributed by atoms with Crippen LogP contribution in [0.2, 0.25) is 0 Å². The number of aliphatic hydroxyl groups is 1. The molecule has 1 unspecified atom stereocenters. The zero-order valence-electron chi connectivity index (χ0n) is 13.2. The lowest BCUT2D eigenvalue weighted by Crippen LogP contribution is -2.37. The van der Waals surface area contributed by atoms with Gasteiger partial charge in [0.1, 0.15) is 0 Å². The van der Waals surface area contributed by atoms with Gasteiger partial charge in [0.15, 0.2) is 5.69 Å². The van der Waals surface area contributed by atoms with Gasteiger partial charge >= 0.3 is 0 Å². The van der Waals surface area contributed by atoms with Crippen LogP contribution in [0.15, 0.2) is 42.6 Å². The molecule has 0 saturated heterocycles. The summed E-state index contributed by atoms with van der Waals surface area (Å²) in [4.78, 5) is 12.2. The number of benzene rings is 1. The van der Waals surface area contributed by atoms with E-state index in [1.807, 2.05) is 30.3 Å². The van der Waals surface area contributed by atoms with Crippen molar-refractivity contribution in [2.75, 3.05) is 6.54 Å². The zero-order valence-corrected chi connectivity index (χ0v) is 13.2. The molecular weight excluding hydrogens is 290 g/mol. The second-order valence-electron chi connectivity index (χ2n) is 6.16. The maximum atomic E-state index is 12.2. The Bertz CT molecular complexity index is 633. The van der Waals surface area contributed by atoms with Crippen LogP contribution in [0.5, 0.6) is 0 Å². The molecule has 1 aromatic carbocycles. The average molecular weight is 313 g/mol. The van der Waals surface area contributed by atoms with Crippen molar-refractivity contribution in [2.24, 2.45) is 5.92 Å². The third-order valence-corrected chi connectivity index (χ3v) is 4.51. The molecule has 1 fully saturated rings. The number of carbonyl (C=O) groups is 1. The highest BCUT2D eigenvalue weighted by atomic mass is 16.3. The predicted octanol–water partition coefficient (Wildman–Crippen LogP) is 2.54. The van der Waals surface area contributed by atoms with Crippen LogP contribution in [0.25, 0.3) is 5.69 Å². The lowest BCUT2D eigenvalue weighted by molar-refractivity contribution is 0.0735. The Morgan fingerprint density at radius 2 is 1.96 bits per heavy atom. The van der Waals surface area contributed by atoms with Crippen molar-refractivity contribution >= 4 is 5.91 Å². The second kappa shape index (κ2) is 7.42. The van der Waals surface area contributed by atoms with E-state index in [4.69, 9.17) is 0 Å². The maximum Gasteiger partial charge on any atom is 0.271 e. The largest absolute Gasteiger partial charge is 0.391 e. The number of carbonyl (C=O) groups excluding carboxylic acids is 1. The first-order chi connectivity index (χ1) is 11.2. The number of hydrogen-bond acceptors (Lipinski definition) is 3. The third kappa shape index (κ3) is 3.99. The number of nitrogens with zero attached hydrogens (tertiary/aromatic N) is 2. The molecule has 1 heterocycles. The molecule has 0 spiro atoms. The molecule has 23 heavy (non-hydrogen) atoms. The van der Waals surface area contributed by atoms with E-state index in [1.54, 1.807) is 16.9 Å². The Hall–Kier alpha value is -2.14. The van der Waals surface area contributed by atoms with Crippen molar-refractivity contribution in [3.05, 3.63) is 48.3 Å². The molecule has 3 rings (SSSR count). The first-order valence-electron chi connectivity index (χ1n) is 8.31. The van der Waals surface area contributed by atoms with Gasteiger partial charge in [-0.25, -0.2) is 4.68 Å². The quantitative estimate of drug-likeness (QED) is 0.891. The number of hydrogen-bond donors (Lipinski definition) is 2. The summed E-state index contributed by atoms with van der Waals surface area (Å²) in [6.07, 6.45) is 7.03. The molecule has 0 radical (unpaired) electrons. The van der Waals surface area contributed by atoms with Gasteiger partial charge in [0.05, 0.1) is 11.8 Å². The Labute approximate surface area is 136 Å². The smallest absolute Gasteiger partial charge is 0.271 e. The molecule has 1 aliphatic carbocycles. The summed E-state index contributed by atoms with van der Waals surface area (Å²) in [6, 6.07) is 11.3. The van der Waals surface area contributed by atoms with E-state index in [0.717, 1.165) is 18.5 Å². The fourth-order valence-corrected chi connectivity index (χ4v) is 3.14. The van der Waals surface area contributed by atoms with Crippen molar-refractivity contribution in [3.8, 4) is 5.69 Å². The van der Waals surface area contributed by atoms with Gasteiger partial charge in [-0.05, 0) is 37.0 Å². The van der Waals surface area contributed by atoms with E-state index >= 15 is 0 Å². The molecule has 122 valence electrons. The summed E-state index contributed by atoms with van der Waals surface area (Å²) >= 11 is 0. The van der Waals surface area contributed by atoms with Crippen molar-refractivity contribution in [2.45, 2.75) is 38.2 Å². The van der Waals surface area contributed by atoms with Crippen molar-refractivity contribution in [3.63, 3.8) is 0 Å². The number of aliphatic hydroxyl groups excluding tert-OH is 1. The topological polar surface area (TPSA) is 67.2 Å². The molecular formula is C18H23N3O2. The van der Waals surface area contributed by atoms with Crippen LogP contribution in [0.4, 0.5) is 0 Å². The first kappa shape index (κ1) is 15.7.